The lowest BCUT2D eigenvalue weighted by atomic mass is 9.62. The molecule has 0 aromatic heterocycles. The van der Waals surface area contributed by atoms with Gasteiger partial charge in [0, 0.05) is 6.42 Å². The molecule has 2 saturated carbocycles. The van der Waals surface area contributed by atoms with Crippen LogP contribution in [0, 0.1) is 10.8 Å². The average Bonchev–Trinajstić information content (AvgIpc) is 2.60. The van der Waals surface area contributed by atoms with E-state index in [-0.39, 0.29) is 14.3 Å². The number of hydrogen-bond acceptors (Lipinski definition) is 1. The summed E-state index contributed by atoms with van der Waals surface area (Å²) in [7, 11) is 0. The molecule has 90 valence electrons. The van der Waals surface area contributed by atoms with Crippen molar-refractivity contribution < 1.29 is 4.79 Å². The summed E-state index contributed by atoms with van der Waals surface area (Å²) in [6.45, 7) is 8.42. The summed E-state index contributed by atoms with van der Waals surface area (Å²) in [4.78, 5) is 12.3. The number of carbonyl (C=O) groups is 1. The van der Waals surface area contributed by atoms with Gasteiger partial charge in [-0.1, -0.05) is 48.9 Å². The van der Waals surface area contributed by atoms with E-state index in [0.29, 0.717) is 5.78 Å². The van der Waals surface area contributed by atoms with Crippen molar-refractivity contribution in [3.63, 3.8) is 0 Å². The Bertz CT molecular complexity index is 334. The Kier molecular flexibility index (Phi) is 3.01. The molecule has 0 unspecified atom stereocenters. The van der Waals surface area contributed by atoms with Crippen LogP contribution in [0.2, 0.25) is 0 Å². The Hall–Kier alpha value is 0.140. The zero-order valence-corrected chi connectivity index (χ0v) is 12.5. The SMILES string of the molecule is C=CCC[C@]12CCC[C@@]1(I)C(=O)CC2(C)C. The summed E-state index contributed by atoms with van der Waals surface area (Å²) in [5.74, 6) is 0.500. The van der Waals surface area contributed by atoms with Crippen molar-refractivity contribution in [3.05, 3.63) is 12.7 Å². The molecule has 0 heterocycles. The molecule has 0 aliphatic heterocycles. The van der Waals surface area contributed by atoms with E-state index >= 15 is 0 Å². The van der Waals surface area contributed by atoms with Gasteiger partial charge in [-0.2, -0.15) is 0 Å². The van der Waals surface area contributed by atoms with E-state index in [4.69, 9.17) is 0 Å². The standard InChI is InChI=1S/C14H21IO/c1-4-5-7-13-8-6-9-14(13,15)11(16)10-12(13,2)3/h4H,1,5-10H2,2-3H3/t13-,14-/m1/s1. The first-order valence-corrected chi connectivity index (χ1v) is 7.31. The molecular formula is C14H21IO. The van der Waals surface area contributed by atoms with Crippen LogP contribution in [-0.2, 0) is 4.79 Å². The quantitative estimate of drug-likeness (QED) is 0.428. The topological polar surface area (TPSA) is 17.1 Å². The molecule has 2 fully saturated rings. The first kappa shape index (κ1) is 12.6. The molecule has 16 heavy (non-hydrogen) atoms. The first-order valence-electron chi connectivity index (χ1n) is 6.23. The number of allylic oxidation sites excluding steroid dienone is 1. The Morgan fingerprint density at radius 3 is 2.75 bits per heavy atom. The number of fused-ring (bicyclic) bond motifs is 1. The second kappa shape index (κ2) is 3.82. The highest BCUT2D eigenvalue weighted by molar-refractivity contribution is 14.1. The minimum atomic E-state index is -0.0722. The maximum absolute atomic E-state index is 12.3. The maximum atomic E-state index is 12.3. The predicted molar refractivity (Wildman–Crippen MR) is 75.9 cm³/mol. The van der Waals surface area contributed by atoms with Gasteiger partial charge in [0.05, 0.1) is 3.42 Å². The number of carbonyl (C=O) groups excluding carboxylic acids is 1. The lowest BCUT2D eigenvalue weighted by Crippen LogP contribution is -2.44. The van der Waals surface area contributed by atoms with Gasteiger partial charge in [-0.3, -0.25) is 4.79 Å². The minimum Gasteiger partial charge on any atom is -0.298 e. The summed E-state index contributed by atoms with van der Waals surface area (Å²) in [6.07, 6.45) is 8.49. The largest absolute Gasteiger partial charge is 0.298 e. The highest BCUT2D eigenvalue weighted by Crippen LogP contribution is 2.69. The molecule has 2 heteroatoms. The Morgan fingerprint density at radius 1 is 1.44 bits per heavy atom. The van der Waals surface area contributed by atoms with Crippen molar-refractivity contribution >= 4 is 28.4 Å². The van der Waals surface area contributed by atoms with Crippen LogP contribution >= 0.6 is 22.6 Å². The van der Waals surface area contributed by atoms with E-state index in [0.717, 1.165) is 25.7 Å². The van der Waals surface area contributed by atoms with E-state index in [2.05, 4.69) is 43.0 Å². The van der Waals surface area contributed by atoms with Crippen LogP contribution in [0.4, 0.5) is 0 Å². The lowest BCUT2D eigenvalue weighted by Gasteiger charge is -2.44. The summed E-state index contributed by atoms with van der Waals surface area (Å²) in [6, 6.07) is 0. The lowest BCUT2D eigenvalue weighted by molar-refractivity contribution is -0.119. The third-order valence-corrected chi connectivity index (χ3v) is 7.17. The smallest absolute Gasteiger partial charge is 0.149 e. The second-order valence-electron chi connectivity index (χ2n) is 6.05. The molecule has 0 aromatic carbocycles. The Labute approximate surface area is 112 Å². The summed E-state index contributed by atoms with van der Waals surface area (Å²) >= 11 is 2.48. The fourth-order valence-corrected chi connectivity index (χ4v) is 5.91. The zero-order valence-electron chi connectivity index (χ0n) is 10.3. The van der Waals surface area contributed by atoms with E-state index in [1.165, 1.54) is 12.8 Å². The van der Waals surface area contributed by atoms with Crippen molar-refractivity contribution in [2.75, 3.05) is 0 Å². The summed E-state index contributed by atoms with van der Waals surface area (Å²) < 4.78 is -0.0722. The fraction of sp³-hybridized carbons (Fsp3) is 0.786. The van der Waals surface area contributed by atoms with Gasteiger partial charge in [0.25, 0.3) is 0 Å². The Morgan fingerprint density at radius 2 is 2.12 bits per heavy atom. The zero-order chi connectivity index (χ0) is 12.0. The van der Waals surface area contributed by atoms with E-state index in [1.54, 1.807) is 0 Å². The molecule has 2 aliphatic carbocycles. The van der Waals surface area contributed by atoms with Gasteiger partial charge in [0.1, 0.15) is 5.78 Å². The molecule has 2 aliphatic rings. The van der Waals surface area contributed by atoms with Gasteiger partial charge < -0.3 is 0 Å². The van der Waals surface area contributed by atoms with Crippen molar-refractivity contribution in [1.29, 1.82) is 0 Å². The number of alkyl halides is 1. The van der Waals surface area contributed by atoms with E-state index in [9.17, 15) is 4.79 Å². The van der Waals surface area contributed by atoms with Crippen molar-refractivity contribution in [3.8, 4) is 0 Å². The maximum Gasteiger partial charge on any atom is 0.149 e. The number of ketones is 1. The molecule has 0 spiro atoms. The highest BCUT2D eigenvalue weighted by atomic mass is 127. The van der Waals surface area contributed by atoms with E-state index in [1.807, 2.05) is 6.08 Å². The molecule has 0 saturated heterocycles. The number of rotatable bonds is 3. The van der Waals surface area contributed by atoms with Gasteiger partial charge in [-0.05, 0) is 36.5 Å². The van der Waals surface area contributed by atoms with Crippen molar-refractivity contribution in [1.82, 2.24) is 0 Å². The van der Waals surface area contributed by atoms with Crippen LogP contribution in [0.3, 0.4) is 0 Å². The summed E-state index contributed by atoms with van der Waals surface area (Å²) in [5.41, 5.74) is 0.399. The fourth-order valence-electron chi connectivity index (χ4n) is 4.07. The molecule has 0 aromatic rings. The van der Waals surface area contributed by atoms with Gasteiger partial charge in [0.2, 0.25) is 0 Å². The molecule has 1 nitrogen and oxygen atoms in total. The third kappa shape index (κ3) is 1.37. The normalized spacial score (nSPS) is 41.1. The van der Waals surface area contributed by atoms with Gasteiger partial charge >= 0.3 is 0 Å². The van der Waals surface area contributed by atoms with Crippen molar-refractivity contribution in [2.45, 2.75) is 55.8 Å². The molecule has 0 bridgehead atoms. The molecule has 2 atom stereocenters. The monoisotopic (exact) mass is 332 g/mol. The molecular weight excluding hydrogens is 311 g/mol. The summed E-state index contributed by atoms with van der Waals surface area (Å²) in [5, 5.41) is 0. The van der Waals surface area contributed by atoms with Crippen molar-refractivity contribution in [2.24, 2.45) is 10.8 Å². The average molecular weight is 332 g/mol. The molecule has 0 radical (unpaired) electrons. The van der Waals surface area contributed by atoms with Crippen LogP contribution in [0.1, 0.15) is 52.4 Å². The molecule has 0 N–H and O–H groups in total. The van der Waals surface area contributed by atoms with E-state index < -0.39 is 0 Å². The van der Waals surface area contributed by atoms with Crippen LogP contribution in [-0.4, -0.2) is 9.20 Å². The number of halogens is 1. The Balaban J connectivity index is 2.43. The first-order chi connectivity index (χ1) is 7.40. The third-order valence-electron chi connectivity index (χ3n) is 5.00. The van der Waals surface area contributed by atoms with Crippen LogP contribution < -0.4 is 0 Å². The van der Waals surface area contributed by atoms with Crippen LogP contribution in [0.15, 0.2) is 12.7 Å². The number of Topliss-reactive ketones (excluding diaryl/α,β-unsaturated/α-hetero) is 1. The highest BCUT2D eigenvalue weighted by Gasteiger charge is 2.68. The number of hydrogen-bond donors (Lipinski definition) is 0. The van der Waals surface area contributed by atoms with Gasteiger partial charge in [0.15, 0.2) is 0 Å². The molecule has 0 amide bonds. The van der Waals surface area contributed by atoms with Crippen LogP contribution in [0.5, 0.6) is 0 Å². The predicted octanol–water partition coefficient (Wildman–Crippen LogP) is 4.30. The second-order valence-corrected chi connectivity index (χ2v) is 7.89. The minimum absolute atomic E-state index is 0.0722. The van der Waals surface area contributed by atoms with Gasteiger partial charge in [-0.25, -0.2) is 0 Å². The molecule has 2 rings (SSSR count). The van der Waals surface area contributed by atoms with Gasteiger partial charge in [-0.15, -0.1) is 6.58 Å². The van der Waals surface area contributed by atoms with Crippen LogP contribution in [0.25, 0.3) is 0 Å².